The van der Waals surface area contributed by atoms with E-state index < -0.39 is 0 Å². The topological polar surface area (TPSA) is 81.5 Å². The lowest BCUT2D eigenvalue weighted by molar-refractivity contribution is -0.118. The van der Waals surface area contributed by atoms with Crippen molar-refractivity contribution in [2.24, 2.45) is 0 Å². The van der Waals surface area contributed by atoms with Crippen molar-refractivity contribution >= 4 is 17.7 Å². The number of ether oxygens (including phenoxy) is 2. The van der Waals surface area contributed by atoms with E-state index >= 15 is 0 Å². The van der Waals surface area contributed by atoms with Crippen molar-refractivity contribution in [1.29, 1.82) is 0 Å². The number of carbonyl (C=O) groups excluding carboxylic acids is 1. The molecule has 1 saturated heterocycles. The highest BCUT2D eigenvalue weighted by molar-refractivity contribution is 7.99. The van der Waals surface area contributed by atoms with Crippen LogP contribution in [0.3, 0.4) is 0 Å². The van der Waals surface area contributed by atoms with Crippen molar-refractivity contribution in [2.45, 2.75) is 37.5 Å². The van der Waals surface area contributed by atoms with Gasteiger partial charge >= 0.3 is 0 Å². The number of hydrogen-bond donors (Lipinski definition) is 1. The second kappa shape index (κ2) is 12.0. The molecule has 1 aromatic heterocycles. The summed E-state index contributed by atoms with van der Waals surface area (Å²) in [4.78, 5) is 14.9. The van der Waals surface area contributed by atoms with E-state index in [-0.39, 0.29) is 17.5 Å². The fraction of sp³-hybridized carbons (Fsp3) is 0.400. The smallest absolute Gasteiger partial charge is 0.230 e. The molecule has 1 fully saturated rings. The van der Waals surface area contributed by atoms with Crippen LogP contribution in [0.4, 0.5) is 4.39 Å². The van der Waals surface area contributed by atoms with Gasteiger partial charge in [0.1, 0.15) is 5.82 Å². The molecule has 2 heterocycles. The highest BCUT2D eigenvalue weighted by atomic mass is 32.2. The van der Waals surface area contributed by atoms with Crippen LogP contribution >= 0.6 is 11.8 Å². The summed E-state index contributed by atoms with van der Waals surface area (Å²) in [7, 11) is 3.16. The lowest BCUT2D eigenvalue weighted by atomic mass is 10.1. The molecular formula is C25H30FN5O3S. The molecule has 0 spiro atoms. The van der Waals surface area contributed by atoms with E-state index in [2.05, 4.69) is 20.4 Å². The van der Waals surface area contributed by atoms with Gasteiger partial charge in [0.05, 0.1) is 26.5 Å². The Bertz CT molecular complexity index is 1130. The van der Waals surface area contributed by atoms with Gasteiger partial charge in [-0.25, -0.2) is 4.39 Å². The molecule has 1 aliphatic rings. The normalized spacial score (nSPS) is 14.0. The Kier molecular flexibility index (Phi) is 8.59. The van der Waals surface area contributed by atoms with Crippen molar-refractivity contribution in [3.8, 4) is 17.2 Å². The molecule has 35 heavy (non-hydrogen) atoms. The number of halogens is 1. The largest absolute Gasteiger partial charge is 0.493 e. The second-order valence-corrected chi connectivity index (χ2v) is 9.24. The molecule has 0 bridgehead atoms. The molecule has 0 atom stereocenters. The number of amides is 1. The Morgan fingerprint density at radius 2 is 1.77 bits per heavy atom. The molecule has 1 N–H and O–H groups in total. The fourth-order valence-corrected chi connectivity index (χ4v) is 4.84. The molecule has 0 saturated carbocycles. The quantitative estimate of drug-likeness (QED) is 0.425. The number of nitrogens with zero attached hydrogens (tertiary/aromatic N) is 4. The van der Waals surface area contributed by atoms with E-state index in [1.807, 2.05) is 22.8 Å². The Morgan fingerprint density at radius 3 is 2.49 bits per heavy atom. The molecule has 1 amide bonds. The number of methoxy groups -OCH3 is 2. The molecule has 3 aromatic rings. The van der Waals surface area contributed by atoms with Crippen molar-refractivity contribution in [3.05, 3.63) is 59.7 Å². The van der Waals surface area contributed by atoms with Crippen molar-refractivity contribution < 1.29 is 18.7 Å². The summed E-state index contributed by atoms with van der Waals surface area (Å²) < 4.78 is 26.0. The predicted molar refractivity (Wildman–Crippen MR) is 133 cm³/mol. The van der Waals surface area contributed by atoms with Crippen LogP contribution in [0.2, 0.25) is 0 Å². The highest BCUT2D eigenvalue weighted by Gasteiger charge is 2.19. The highest BCUT2D eigenvalue weighted by Crippen LogP contribution is 2.28. The molecule has 0 unspecified atom stereocenters. The Hall–Kier alpha value is -3.11. The molecule has 10 heteroatoms. The van der Waals surface area contributed by atoms with Crippen LogP contribution in [-0.2, 0) is 17.9 Å². The first-order valence-corrected chi connectivity index (χ1v) is 12.6. The maximum Gasteiger partial charge on any atom is 0.230 e. The van der Waals surface area contributed by atoms with Crippen molar-refractivity contribution in [3.63, 3.8) is 0 Å². The van der Waals surface area contributed by atoms with Gasteiger partial charge in [-0.3, -0.25) is 14.3 Å². The number of aromatic nitrogens is 3. The molecule has 4 rings (SSSR count). The third-order valence-electron chi connectivity index (χ3n) is 5.87. The van der Waals surface area contributed by atoms with E-state index in [1.165, 1.54) is 43.2 Å². The van der Waals surface area contributed by atoms with Gasteiger partial charge in [-0.2, -0.15) is 0 Å². The molecular weight excluding hydrogens is 469 g/mol. The molecule has 1 aliphatic heterocycles. The number of piperidine rings is 1. The van der Waals surface area contributed by atoms with Crippen LogP contribution < -0.4 is 14.8 Å². The SMILES string of the molecule is COc1ccc(CNC(=O)CSc2nnc(CN3CCCCC3)n2-c2ccc(F)cc2)cc1OC. The third-order valence-corrected chi connectivity index (χ3v) is 6.80. The van der Waals surface area contributed by atoms with Crippen molar-refractivity contribution in [1.82, 2.24) is 25.0 Å². The zero-order valence-corrected chi connectivity index (χ0v) is 20.8. The zero-order chi connectivity index (χ0) is 24.6. The summed E-state index contributed by atoms with van der Waals surface area (Å²) in [5.74, 6) is 1.78. The lowest BCUT2D eigenvalue weighted by Gasteiger charge is -2.26. The standard InChI is InChI=1S/C25H30FN5O3S/c1-33-21-11-6-18(14-22(21)34-2)15-27-24(32)17-35-25-29-28-23(16-30-12-4-3-5-13-30)31(25)20-9-7-19(26)8-10-20/h6-11,14H,3-5,12-13,15-17H2,1-2H3,(H,27,32). The second-order valence-electron chi connectivity index (χ2n) is 8.30. The number of thioether (sulfide) groups is 1. The monoisotopic (exact) mass is 499 g/mol. The minimum absolute atomic E-state index is 0.129. The number of hydrogen-bond acceptors (Lipinski definition) is 7. The number of nitrogens with one attached hydrogen (secondary N) is 1. The average Bonchev–Trinajstić information content (AvgIpc) is 3.29. The van der Waals surface area contributed by atoms with Gasteiger partial charge < -0.3 is 14.8 Å². The summed E-state index contributed by atoms with van der Waals surface area (Å²) in [6.07, 6.45) is 3.60. The third kappa shape index (κ3) is 6.52. The Morgan fingerprint density at radius 1 is 1.03 bits per heavy atom. The van der Waals surface area contributed by atoms with E-state index in [1.54, 1.807) is 26.4 Å². The van der Waals surface area contributed by atoms with Gasteiger partial charge in [0.2, 0.25) is 5.91 Å². The van der Waals surface area contributed by atoms with Crippen molar-refractivity contribution in [2.75, 3.05) is 33.1 Å². The van der Waals surface area contributed by atoms with Crippen LogP contribution in [0, 0.1) is 5.82 Å². The lowest BCUT2D eigenvalue weighted by Crippen LogP contribution is -2.30. The maximum atomic E-state index is 13.5. The predicted octanol–water partition coefficient (Wildman–Crippen LogP) is 3.82. The summed E-state index contributed by atoms with van der Waals surface area (Å²) in [6, 6.07) is 11.8. The summed E-state index contributed by atoms with van der Waals surface area (Å²) in [5, 5.41) is 12.3. The van der Waals surface area contributed by atoms with E-state index in [0.29, 0.717) is 29.7 Å². The number of rotatable bonds is 10. The first-order chi connectivity index (χ1) is 17.1. The number of benzene rings is 2. The van der Waals surface area contributed by atoms with Crippen LogP contribution in [0.25, 0.3) is 5.69 Å². The molecule has 8 nitrogen and oxygen atoms in total. The zero-order valence-electron chi connectivity index (χ0n) is 20.0. The minimum atomic E-state index is -0.303. The average molecular weight is 500 g/mol. The van der Waals surface area contributed by atoms with E-state index in [4.69, 9.17) is 9.47 Å². The number of likely N-dealkylation sites (tertiary alicyclic amines) is 1. The molecule has 0 radical (unpaired) electrons. The van der Waals surface area contributed by atoms with Gasteiger partial charge in [0.15, 0.2) is 22.5 Å². The molecule has 0 aliphatic carbocycles. The van der Waals surface area contributed by atoms with Crippen LogP contribution in [0.15, 0.2) is 47.6 Å². The molecule has 186 valence electrons. The summed E-state index contributed by atoms with van der Waals surface area (Å²) >= 11 is 1.31. The Balaban J connectivity index is 1.42. The maximum absolute atomic E-state index is 13.5. The summed E-state index contributed by atoms with van der Waals surface area (Å²) in [6.45, 7) is 3.08. The Labute approximate surface area is 208 Å². The van der Waals surface area contributed by atoms with Crippen LogP contribution in [0.1, 0.15) is 30.7 Å². The van der Waals surface area contributed by atoms with Gasteiger partial charge in [-0.05, 0) is 67.9 Å². The molecule has 2 aromatic carbocycles. The van der Waals surface area contributed by atoms with Gasteiger partial charge in [0.25, 0.3) is 0 Å². The van der Waals surface area contributed by atoms with Crippen LogP contribution in [-0.4, -0.2) is 58.6 Å². The van der Waals surface area contributed by atoms with Gasteiger partial charge in [-0.15, -0.1) is 10.2 Å². The number of carbonyl (C=O) groups is 1. The minimum Gasteiger partial charge on any atom is -0.493 e. The first kappa shape index (κ1) is 25.0. The fourth-order valence-electron chi connectivity index (χ4n) is 4.04. The van der Waals surface area contributed by atoms with E-state index in [9.17, 15) is 9.18 Å². The van der Waals surface area contributed by atoms with Gasteiger partial charge in [-0.1, -0.05) is 24.2 Å². The van der Waals surface area contributed by atoms with Crippen LogP contribution in [0.5, 0.6) is 11.5 Å². The van der Waals surface area contributed by atoms with E-state index in [0.717, 1.165) is 30.2 Å². The first-order valence-electron chi connectivity index (χ1n) is 11.6. The van der Waals surface area contributed by atoms with Gasteiger partial charge in [0, 0.05) is 12.2 Å². The summed E-state index contributed by atoms with van der Waals surface area (Å²) in [5.41, 5.74) is 1.68.